The largest absolute Gasteiger partial charge is 0.480 e. The van der Waals surface area contributed by atoms with E-state index in [0.29, 0.717) is 29.1 Å². The lowest BCUT2D eigenvalue weighted by molar-refractivity contribution is 0.269. The average molecular weight is 354 g/mol. The SMILES string of the molecule is CCC1CCC1Nc1cc(-c2cnc(OC)nc2OC)nn2ccnc12. The van der Waals surface area contributed by atoms with Crippen LogP contribution >= 0.6 is 0 Å². The molecule has 0 aliphatic heterocycles. The summed E-state index contributed by atoms with van der Waals surface area (Å²) in [7, 11) is 3.09. The predicted octanol–water partition coefficient (Wildman–Crippen LogP) is 2.80. The Labute approximate surface area is 151 Å². The summed E-state index contributed by atoms with van der Waals surface area (Å²) in [5, 5.41) is 8.28. The van der Waals surface area contributed by atoms with Gasteiger partial charge in [-0.15, -0.1) is 0 Å². The van der Waals surface area contributed by atoms with Crippen LogP contribution in [0.15, 0.2) is 24.7 Å². The third-order valence-corrected chi connectivity index (χ3v) is 5.03. The molecule has 1 saturated carbocycles. The van der Waals surface area contributed by atoms with Crippen LogP contribution in [0.1, 0.15) is 26.2 Å². The number of anilines is 1. The Hall–Kier alpha value is -2.90. The van der Waals surface area contributed by atoms with E-state index in [2.05, 4.69) is 32.3 Å². The van der Waals surface area contributed by atoms with Gasteiger partial charge in [0.25, 0.3) is 0 Å². The molecule has 1 N–H and O–H groups in total. The molecule has 0 amide bonds. The Kier molecular flexibility index (Phi) is 4.32. The van der Waals surface area contributed by atoms with Crippen LogP contribution in [0.2, 0.25) is 0 Å². The van der Waals surface area contributed by atoms with Gasteiger partial charge in [-0.2, -0.15) is 10.1 Å². The van der Waals surface area contributed by atoms with E-state index >= 15 is 0 Å². The molecule has 3 aromatic heterocycles. The number of hydrogen-bond acceptors (Lipinski definition) is 7. The van der Waals surface area contributed by atoms with Crippen LogP contribution < -0.4 is 14.8 Å². The maximum atomic E-state index is 5.41. The molecule has 26 heavy (non-hydrogen) atoms. The molecule has 1 aliphatic carbocycles. The molecule has 8 nitrogen and oxygen atoms in total. The molecule has 4 rings (SSSR count). The monoisotopic (exact) mass is 354 g/mol. The predicted molar refractivity (Wildman–Crippen MR) is 97.5 cm³/mol. The summed E-state index contributed by atoms with van der Waals surface area (Å²) >= 11 is 0. The third-order valence-electron chi connectivity index (χ3n) is 5.03. The van der Waals surface area contributed by atoms with Gasteiger partial charge >= 0.3 is 6.01 Å². The highest BCUT2D eigenvalue weighted by atomic mass is 16.5. The van der Waals surface area contributed by atoms with Crippen molar-refractivity contribution in [2.24, 2.45) is 5.92 Å². The maximum absolute atomic E-state index is 5.41. The van der Waals surface area contributed by atoms with E-state index in [1.54, 1.807) is 24.0 Å². The van der Waals surface area contributed by atoms with Crippen LogP contribution in [0, 0.1) is 5.92 Å². The Morgan fingerprint density at radius 3 is 2.81 bits per heavy atom. The molecule has 0 aromatic carbocycles. The first-order valence-corrected chi connectivity index (χ1v) is 8.79. The van der Waals surface area contributed by atoms with Gasteiger partial charge in [0.1, 0.15) is 5.69 Å². The summed E-state index contributed by atoms with van der Waals surface area (Å²) in [6, 6.07) is 2.72. The molecule has 2 unspecified atom stereocenters. The smallest absolute Gasteiger partial charge is 0.319 e. The summed E-state index contributed by atoms with van der Waals surface area (Å²) in [6.45, 7) is 2.24. The van der Waals surface area contributed by atoms with Crippen LogP contribution in [0.25, 0.3) is 16.9 Å². The fourth-order valence-electron chi connectivity index (χ4n) is 3.38. The molecule has 0 bridgehead atoms. The summed E-state index contributed by atoms with van der Waals surface area (Å²) < 4.78 is 12.2. The Morgan fingerprint density at radius 2 is 2.12 bits per heavy atom. The molecule has 1 aliphatic rings. The van der Waals surface area contributed by atoms with Crippen molar-refractivity contribution < 1.29 is 9.47 Å². The Morgan fingerprint density at radius 1 is 1.23 bits per heavy atom. The highest BCUT2D eigenvalue weighted by Crippen LogP contribution is 2.35. The highest BCUT2D eigenvalue weighted by Gasteiger charge is 2.29. The van der Waals surface area contributed by atoms with Gasteiger partial charge in [-0.25, -0.2) is 14.5 Å². The first-order chi connectivity index (χ1) is 12.7. The van der Waals surface area contributed by atoms with Crippen molar-refractivity contribution in [2.75, 3.05) is 19.5 Å². The molecule has 2 atom stereocenters. The molecule has 0 spiro atoms. The van der Waals surface area contributed by atoms with E-state index in [1.807, 2.05) is 12.3 Å². The summed E-state index contributed by atoms with van der Waals surface area (Å²) in [5.74, 6) is 1.13. The van der Waals surface area contributed by atoms with E-state index in [9.17, 15) is 0 Å². The molecule has 0 radical (unpaired) electrons. The second kappa shape index (κ2) is 6.78. The number of methoxy groups -OCH3 is 2. The fraction of sp³-hybridized carbons (Fsp3) is 0.444. The quantitative estimate of drug-likeness (QED) is 0.728. The number of ether oxygens (including phenoxy) is 2. The summed E-state index contributed by atoms with van der Waals surface area (Å²) in [5.41, 5.74) is 3.18. The van der Waals surface area contributed by atoms with Crippen LogP contribution in [0.4, 0.5) is 5.69 Å². The number of nitrogens with one attached hydrogen (secondary N) is 1. The lowest BCUT2D eigenvalue weighted by Gasteiger charge is -2.37. The normalized spacial score (nSPS) is 19.2. The second-order valence-corrected chi connectivity index (χ2v) is 6.41. The molecule has 1 fully saturated rings. The number of aromatic nitrogens is 5. The minimum atomic E-state index is 0.257. The molecule has 136 valence electrons. The summed E-state index contributed by atoms with van der Waals surface area (Å²) in [4.78, 5) is 12.9. The van der Waals surface area contributed by atoms with Crippen LogP contribution in [-0.2, 0) is 0 Å². The topological polar surface area (TPSA) is 86.5 Å². The molecule has 0 saturated heterocycles. The van der Waals surface area contributed by atoms with Gasteiger partial charge < -0.3 is 14.8 Å². The number of nitrogens with zero attached hydrogens (tertiary/aromatic N) is 5. The number of imidazole rings is 1. The van der Waals surface area contributed by atoms with Crippen molar-refractivity contribution in [2.45, 2.75) is 32.2 Å². The zero-order chi connectivity index (χ0) is 18.1. The zero-order valence-corrected chi connectivity index (χ0v) is 15.1. The van der Waals surface area contributed by atoms with Crippen molar-refractivity contribution in [3.63, 3.8) is 0 Å². The minimum Gasteiger partial charge on any atom is -0.480 e. The molecular formula is C18H22N6O2. The number of fused-ring (bicyclic) bond motifs is 1. The third kappa shape index (κ3) is 2.81. The number of hydrogen-bond donors (Lipinski definition) is 1. The first kappa shape index (κ1) is 16.6. The fourth-order valence-corrected chi connectivity index (χ4v) is 3.38. The van der Waals surface area contributed by atoms with Gasteiger partial charge in [-0.3, -0.25) is 0 Å². The molecule has 3 aromatic rings. The van der Waals surface area contributed by atoms with Crippen LogP contribution in [-0.4, -0.2) is 44.8 Å². The lowest BCUT2D eigenvalue weighted by atomic mass is 9.78. The zero-order valence-electron chi connectivity index (χ0n) is 15.1. The van der Waals surface area contributed by atoms with Crippen molar-refractivity contribution in [3.8, 4) is 23.1 Å². The summed E-state index contributed by atoms with van der Waals surface area (Å²) in [6.07, 6.45) is 8.88. The molecule has 8 heteroatoms. The maximum Gasteiger partial charge on any atom is 0.319 e. The Bertz CT molecular complexity index is 923. The van der Waals surface area contributed by atoms with Gasteiger partial charge in [0, 0.05) is 24.6 Å². The van der Waals surface area contributed by atoms with Gasteiger partial charge in [0.2, 0.25) is 5.88 Å². The van der Waals surface area contributed by atoms with Gasteiger partial charge in [-0.1, -0.05) is 13.3 Å². The lowest BCUT2D eigenvalue weighted by Crippen LogP contribution is -2.38. The van der Waals surface area contributed by atoms with Crippen LogP contribution in [0.5, 0.6) is 11.9 Å². The van der Waals surface area contributed by atoms with Crippen molar-refractivity contribution in [3.05, 3.63) is 24.7 Å². The minimum absolute atomic E-state index is 0.257. The van der Waals surface area contributed by atoms with Crippen LogP contribution in [0.3, 0.4) is 0 Å². The van der Waals surface area contributed by atoms with E-state index in [4.69, 9.17) is 9.47 Å². The van der Waals surface area contributed by atoms with E-state index in [1.165, 1.54) is 26.4 Å². The number of rotatable bonds is 6. The average Bonchev–Trinajstić information content (AvgIpc) is 3.13. The van der Waals surface area contributed by atoms with Gasteiger partial charge in [0.05, 0.1) is 25.5 Å². The second-order valence-electron chi connectivity index (χ2n) is 6.41. The van der Waals surface area contributed by atoms with Crippen molar-refractivity contribution in [1.82, 2.24) is 24.6 Å². The molecular weight excluding hydrogens is 332 g/mol. The van der Waals surface area contributed by atoms with E-state index < -0.39 is 0 Å². The van der Waals surface area contributed by atoms with Crippen molar-refractivity contribution in [1.29, 1.82) is 0 Å². The van der Waals surface area contributed by atoms with Gasteiger partial charge in [-0.05, 0) is 24.8 Å². The van der Waals surface area contributed by atoms with E-state index in [0.717, 1.165) is 11.3 Å². The Balaban J connectivity index is 1.77. The molecule has 3 heterocycles. The highest BCUT2D eigenvalue weighted by molar-refractivity contribution is 5.75. The standard InChI is InChI=1S/C18H22N6O2/c1-4-11-5-6-13(11)21-15-9-14(23-24-8-7-19-16(15)24)12-10-20-18(26-3)22-17(12)25-2/h7-11,13,21H,4-6H2,1-3H3. The van der Waals surface area contributed by atoms with Crippen molar-refractivity contribution >= 4 is 11.3 Å². The van der Waals surface area contributed by atoms with Gasteiger partial charge in [0.15, 0.2) is 5.65 Å². The van der Waals surface area contributed by atoms with E-state index in [-0.39, 0.29) is 6.01 Å². The first-order valence-electron chi connectivity index (χ1n) is 8.79.